The summed E-state index contributed by atoms with van der Waals surface area (Å²) in [6.45, 7) is 3.90. The molecular weight excluding hydrogens is 194 g/mol. The predicted molar refractivity (Wildman–Crippen MR) is 59.6 cm³/mol. The van der Waals surface area contributed by atoms with Gasteiger partial charge in [-0.1, -0.05) is 6.92 Å². The molecule has 0 aromatic carbocycles. The van der Waals surface area contributed by atoms with Crippen LogP contribution in [0.15, 0.2) is 11.4 Å². The second-order valence-electron chi connectivity index (χ2n) is 3.81. The molecule has 1 saturated heterocycles. The Hall–Kier alpha value is -0.380. The first-order valence-electron chi connectivity index (χ1n) is 5.22. The minimum absolute atomic E-state index is 0.187. The van der Waals surface area contributed by atoms with Gasteiger partial charge in [-0.3, -0.25) is 0 Å². The van der Waals surface area contributed by atoms with Gasteiger partial charge in [0.25, 0.3) is 0 Å². The van der Waals surface area contributed by atoms with E-state index >= 15 is 0 Å². The lowest BCUT2D eigenvalue weighted by Crippen LogP contribution is -2.21. The zero-order valence-electron chi connectivity index (χ0n) is 8.53. The Balaban J connectivity index is 2.12. The van der Waals surface area contributed by atoms with E-state index in [9.17, 15) is 0 Å². The third kappa shape index (κ3) is 1.85. The SMILES string of the molecule is CCc1ccsc1C(N)C1CCOC1. The van der Waals surface area contributed by atoms with Gasteiger partial charge < -0.3 is 10.5 Å². The van der Waals surface area contributed by atoms with E-state index < -0.39 is 0 Å². The molecule has 1 aromatic rings. The largest absolute Gasteiger partial charge is 0.381 e. The molecule has 2 atom stereocenters. The van der Waals surface area contributed by atoms with Crippen LogP contribution in [-0.4, -0.2) is 13.2 Å². The number of thiophene rings is 1. The first kappa shape index (κ1) is 10.1. The number of aryl methyl sites for hydroxylation is 1. The molecule has 2 nitrogen and oxygen atoms in total. The van der Waals surface area contributed by atoms with Gasteiger partial charge in [-0.05, 0) is 29.9 Å². The summed E-state index contributed by atoms with van der Waals surface area (Å²) in [5.74, 6) is 0.527. The number of hydrogen-bond donors (Lipinski definition) is 1. The number of rotatable bonds is 3. The molecule has 0 bridgehead atoms. The van der Waals surface area contributed by atoms with Crippen LogP contribution in [0.25, 0.3) is 0 Å². The van der Waals surface area contributed by atoms with E-state index in [1.165, 1.54) is 10.4 Å². The van der Waals surface area contributed by atoms with Crippen molar-refractivity contribution in [3.8, 4) is 0 Å². The van der Waals surface area contributed by atoms with Crippen molar-refractivity contribution in [1.29, 1.82) is 0 Å². The summed E-state index contributed by atoms with van der Waals surface area (Å²) in [5.41, 5.74) is 7.66. The van der Waals surface area contributed by atoms with Crippen LogP contribution in [0.3, 0.4) is 0 Å². The van der Waals surface area contributed by atoms with Gasteiger partial charge in [-0.15, -0.1) is 11.3 Å². The van der Waals surface area contributed by atoms with Crippen LogP contribution >= 0.6 is 11.3 Å². The van der Waals surface area contributed by atoms with Crippen molar-refractivity contribution in [3.05, 3.63) is 21.9 Å². The summed E-state index contributed by atoms with van der Waals surface area (Å²) in [6.07, 6.45) is 2.20. The fourth-order valence-corrected chi connectivity index (χ4v) is 3.07. The summed E-state index contributed by atoms with van der Waals surface area (Å²) in [4.78, 5) is 1.36. The van der Waals surface area contributed by atoms with Gasteiger partial charge in [0, 0.05) is 23.4 Å². The van der Waals surface area contributed by atoms with E-state index in [1.807, 2.05) is 0 Å². The lowest BCUT2D eigenvalue weighted by Gasteiger charge is -2.17. The van der Waals surface area contributed by atoms with Gasteiger partial charge in [0.1, 0.15) is 0 Å². The zero-order valence-corrected chi connectivity index (χ0v) is 9.35. The lowest BCUT2D eigenvalue weighted by atomic mass is 9.96. The molecule has 1 aromatic heterocycles. The van der Waals surface area contributed by atoms with E-state index in [0.29, 0.717) is 5.92 Å². The molecule has 2 unspecified atom stereocenters. The Bertz CT molecular complexity index is 291. The highest BCUT2D eigenvalue weighted by molar-refractivity contribution is 7.10. The molecule has 0 amide bonds. The maximum absolute atomic E-state index is 6.25. The van der Waals surface area contributed by atoms with Crippen LogP contribution in [0.4, 0.5) is 0 Å². The van der Waals surface area contributed by atoms with Crippen molar-refractivity contribution in [3.63, 3.8) is 0 Å². The molecule has 1 fully saturated rings. The van der Waals surface area contributed by atoms with E-state index in [0.717, 1.165) is 26.1 Å². The highest BCUT2D eigenvalue weighted by Crippen LogP contribution is 2.32. The number of nitrogens with two attached hydrogens (primary N) is 1. The summed E-state index contributed by atoms with van der Waals surface area (Å²) in [6, 6.07) is 2.38. The summed E-state index contributed by atoms with van der Waals surface area (Å²) in [5, 5.41) is 2.14. The molecule has 3 heteroatoms. The highest BCUT2D eigenvalue weighted by atomic mass is 32.1. The molecule has 1 aliphatic heterocycles. The van der Waals surface area contributed by atoms with Gasteiger partial charge in [0.15, 0.2) is 0 Å². The summed E-state index contributed by atoms with van der Waals surface area (Å²) in [7, 11) is 0. The molecular formula is C11H17NOS. The Kier molecular flexibility index (Phi) is 3.21. The minimum Gasteiger partial charge on any atom is -0.381 e. The second-order valence-corrected chi connectivity index (χ2v) is 4.76. The fourth-order valence-electron chi connectivity index (χ4n) is 1.98. The third-order valence-electron chi connectivity index (χ3n) is 2.94. The van der Waals surface area contributed by atoms with Crippen LogP contribution in [0, 0.1) is 5.92 Å². The van der Waals surface area contributed by atoms with Crippen molar-refractivity contribution < 1.29 is 4.74 Å². The summed E-state index contributed by atoms with van der Waals surface area (Å²) < 4.78 is 5.37. The average molecular weight is 211 g/mol. The number of ether oxygens (including phenoxy) is 1. The molecule has 0 spiro atoms. The molecule has 14 heavy (non-hydrogen) atoms. The van der Waals surface area contributed by atoms with Crippen LogP contribution < -0.4 is 5.73 Å². The van der Waals surface area contributed by atoms with Crippen LogP contribution in [-0.2, 0) is 11.2 Å². The molecule has 2 N–H and O–H groups in total. The van der Waals surface area contributed by atoms with Crippen LogP contribution in [0.5, 0.6) is 0 Å². The first-order valence-corrected chi connectivity index (χ1v) is 6.10. The quantitative estimate of drug-likeness (QED) is 0.833. The van der Waals surface area contributed by atoms with Gasteiger partial charge in [-0.2, -0.15) is 0 Å². The Labute approximate surface area is 89.1 Å². The standard InChI is InChI=1S/C11H17NOS/c1-2-8-4-6-14-11(8)10(12)9-3-5-13-7-9/h4,6,9-10H,2-3,5,7,12H2,1H3. The average Bonchev–Trinajstić information content (AvgIpc) is 2.87. The molecule has 78 valence electrons. The number of hydrogen-bond acceptors (Lipinski definition) is 3. The molecule has 0 aliphatic carbocycles. The van der Waals surface area contributed by atoms with E-state index in [-0.39, 0.29) is 6.04 Å². The molecule has 0 saturated carbocycles. The molecule has 1 aliphatic rings. The van der Waals surface area contributed by atoms with Gasteiger partial charge >= 0.3 is 0 Å². The maximum atomic E-state index is 6.25. The molecule has 2 rings (SSSR count). The van der Waals surface area contributed by atoms with Crippen LogP contribution in [0.2, 0.25) is 0 Å². The normalized spacial score (nSPS) is 24.0. The van der Waals surface area contributed by atoms with Gasteiger partial charge in [0.05, 0.1) is 6.61 Å². The summed E-state index contributed by atoms with van der Waals surface area (Å²) >= 11 is 1.79. The Morgan fingerprint density at radius 3 is 3.21 bits per heavy atom. The lowest BCUT2D eigenvalue weighted by molar-refractivity contribution is 0.181. The monoisotopic (exact) mass is 211 g/mol. The smallest absolute Gasteiger partial charge is 0.0513 e. The predicted octanol–water partition coefficient (Wildman–Crippen LogP) is 2.35. The topological polar surface area (TPSA) is 35.2 Å². The van der Waals surface area contributed by atoms with Crippen molar-refractivity contribution >= 4 is 11.3 Å². The maximum Gasteiger partial charge on any atom is 0.0513 e. The second kappa shape index (κ2) is 4.43. The third-order valence-corrected chi connectivity index (χ3v) is 4.00. The highest BCUT2D eigenvalue weighted by Gasteiger charge is 2.25. The minimum atomic E-state index is 0.187. The van der Waals surface area contributed by atoms with E-state index in [1.54, 1.807) is 11.3 Å². The van der Waals surface area contributed by atoms with Crippen molar-refractivity contribution in [2.45, 2.75) is 25.8 Å². The van der Waals surface area contributed by atoms with Gasteiger partial charge in [-0.25, -0.2) is 0 Å². The van der Waals surface area contributed by atoms with E-state index in [4.69, 9.17) is 10.5 Å². The van der Waals surface area contributed by atoms with Gasteiger partial charge in [0.2, 0.25) is 0 Å². The van der Waals surface area contributed by atoms with Crippen LogP contribution in [0.1, 0.15) is 29.8 Å². The molecule has 0 radical (unpaired) electrons. The Morgan fingerprint density at radius 2 is 2.57 bits per heavy atom. The zero-order chi connectivity index (χ0) is 9.97. The van der Waals surface area contributed by atoms with Crippen molar-refractivity contribution in [2.24, 2.45) is 11.7 Å². The Morgan fingerprint density at radius 1 is 1.71 bits per heavy atom. The van der Waals surface area contributed by atoms with Crippen molar-refractivity contribution in [2.75, 3.05) is 13.2 Å². The fraction of sp³-hybridized carbons (Fsp3) is 0.636. The first-order chi connectivity index (χ1) is 6.83. The van der Waals surface area contributed by atoms with E-state index in [2.05, 4.69) is 18.4 Å². The molecule has 2 heterocycles. The van der Waals surface area contributed by atoms with Crippen molar-refractivity contribution in [1.82, 2.24) is 0 Å².